The Morgan fingerprint density at radius 1 is 1.43 bits per heavy atom. The minimum atomic E-state index is -0.980. The van der Waals surface area contributed by atoms with E-state index in [1.807, 2.05) is 14.1 Å². The summed E-state index contributed by atoms with van der Waals surface area (Å²) < 4.78 is 14.2. The molecule has 1 aliphatic heterocycles. The van der Waals surface area contributed by atoms with Crippen molar-refractivity contribution in [2.75, 3.05) is 25.5 Å². The van der Waals surface area contributed by atoms with Crippen LogP contribution >= 0.6 is 0 Å². The molecule has 0 aliphatic carbocycles. The van der Waals surface area contributed by atoms with E-state index >= 15 is 0 Å². The number of anilines is 1. The molecule has 5 heteroatoms. The van der Waals surface area contributed by atoms with Crippen LogP contribution in [0.2, 0.25) is 0 Å². The second kappa shape index (κ2) is 5.64. The highest BCUT2D eigenvalue weighted by Crippen LogP contribution is 2.29. The molecule has 0 spiro atoms. The summed E-state index contributed by atoms with van der Waals surface area (Å²) in [4.78, 5) is 15.9. The summed E-state index contributed by atoms with van der Waals surface area (Å²) in [5.74, 6) is -0.866. The first-order valence-corrected chi connectivity index (χ1v) is 7.22. The van der Waals surface area contributed by atoms with E-state index in [1.165, 1.54) is 12.1 Å². The molecule has 116 valence electrons. The molecule has 1 atom stereocenters. The molecule has 1 heterocycles. The maximum Gasteiger partial charge on any atom is 0.257 e. The van der Waals surface area contributed by atoms with E-state index in [4.69, 9.17) is 0 Å². The highest BCUT2D eigenvalue weighted by Gasteiger charge is 2.39. The van der Waals surface area contributed by atoms with Gasteiger partial charge in [-0.3, -0.25) is 4.79 Å². The third-order valence-corrected chi connectivity index (χ3v) is 4.03. The standard InChI is InChI=1S/C16H23FN2O2/c1-16(2,21)14-6-5-9-19(14)15(20)12-8-7-11(18(3)4)10-13(12)17/h7-8,10,14,21H,5-6,9H2,1-4H3/t14-/m0/s1. The van der Waals surface area contributed by atoms with Crippen molar-refractivity contribution in [3.8, 4) is 0 Å². The molecule has 4 nitrogen and oxygen atoms in total. The molecule has 1 N–H and O–H groups in total. The fraction of sp³-hybridized carbons (Fsp3) is 0.562. The molecule has 1 fully saturated rings. The van der Waals surface area contributed by atoms with E-state index in [0.717, 1.165) is 12.8 Å². The van der Waals surface area contributed by atoms with Crippen molar-refractivity contribution < 1.29 is 14.3 Å². The topological polar surface area (TPSA) is 43.8 Å². The van der Waals surface area contributed by atoms with Gasteiger partial charge in [-0.2, -0.15) is 0 Å². The van der Waals surface area contributed by atoms with E-state index < -0.39 is 11.4 Å². The van der Waals surface area contributed by atoms with Gasteiger partial charge in [-0.25, -0.2) is 4.39 Å². The molecule has 1 aromatic carbocycles. The van der Waals surface area contributed by atoms with Crippen LogP contribution in [0.15, 0.2) is 18.2 Å². The first kappa shape index (κ1) is 15.8. The Kier molecular flexibility index (Phi) is 4.23. The summed E-state index contributed by atoms with van der Waals surface area (Å²) in [5.41, 5.74) is -0.201. The van der Waals surface area contributed by atoms with Crippen molar-refractivity contribution >= 4 is 11.6 Å². The van der Waals surface area contributed by atoms with Gasteiger partial charge in [0.15, 0.2) is 0 Å². The van der Waals surface area contributed by atoms with Gasteiger partial charge in [-0.15, -0.1) is 0 Å². The molecule has 0 aromatic heterocycles. The second-order valence-electron chi connectivity index (χ2n) is 6.37. The minimum absolute atomic E-state index is 0.0664. The molecular formula is C16H23FN2O2. The van der Waals surface area contributed by atoms with E-state index in [2.05, 4.69) is 0 Å². The van der Waals surface area contributed by atoms with Gasteiger partial charge in [-0.05, 0) is 44.9 Å². The Morgan fingerprint density at radius 2 is 2.10 bits per heavy atom. The quantitative estimate of drug-likeness (QED) is 0.930. The smallest absolute Gasteiger partial charge is 0.257 e. The first-order chi connectivity index (χ1) is 9.71. The molecule has 0 unspecified atom stereocenters. The van der Waals surface area contributed by atoms with Gasteiger partial charge in [0.2, 0.25) is 0 Å². The van der Waals surface area contributed by atoms with Crippen LogP contribution in [0.4, 0.5) is 10.1 Å². The van der Waals surface area contributed by atoms with Crippen LogP contribution in [0.1, 0.15) is 37.0 Å². The van der Waals surface area contributed by atoms with Gasteiger partial charge in [0.1, 0.15) is 5.82 Å². The van der Waals surface area contributed by atoms with Crippen LogP contribution in [0.3, 0.4) is 0 Å². The molecule has 0 bridgehead atoms. The molecule has 0 radical (unpaired) electrons. The lowest BCUT2D eigenvalue weighted by Crippen LogP contribution is -2.48. The third-order valence-electron chi connectivity index (χ3n) is 4.03. The van der Waals surface area contributed by atoms with Crippen molar-refractivity contribution in [1.29, 1.82) is 0 Å². The number of hydrogen-bond donors (Lipinski definition) is 1. The predicted molar refractivity (Wildman–Crippen MR) is 81.1 cm³/mol. The molecule has 2 rings (SSSR count). The predicted octanol–water partition coefficient (Wildman–Crippen LogP) is 2.27. The molecule has 1 amide bonds. The van der Waals surface area contributed by atoms with Crippen LogP contribution in [-0.4, -0.2) is 48.2 Å². The SMILES string of the molecule is CN(C)c1ccc(C(=O)N2CCC[C@H]2C(C)(C)O)c(F)c1. The van der Waals surface area contributed by atoms with E-state index in [9.17, 15) is 14.3 Å². The van der Waals surface area contributed by atoms with Crippen LogP contribution in [0, 0.1) is 5.82 Å². The Labute approximate surface area is 125 Å². The summed E-state index contributed by atoms with van der Waals surface area (Å²) >= 11 is 0. The van der Waals surface area contributed by atoms with Gasteiger partial charge in [0.25, 0.3) is 5.91 Å². The third kappa shape index (κ3) is 3.18. The zero-order valence-corrected chi connectivity index (χ0v) is 13.1. The Hall–Kier alpha value is -1.62. The highest BCUT2D eigenvalue weighted by molar-refractivity contribution is 5.95. The number of rotatable bonds is 3. The molecule has 1 aliphatic rings. The van der Waals surface area contributed by atoms with Crippen molar-refractivity contribution in [3.63, 3.8) is 0 Å². The second-order valence-corrected chi connectivity index (χ2v) is 6.37. The molecule has 0 saturated carbocycles. The van der Waals surface area contributed by atoms with Crippen molar-refractivity contribution in [3.05, 3.63) is 29.6 Å². The van der Waals surface area contributed by atoms with Gasteiger partial charge in [-0.1, -0.05) is 0 Å². The number of carbonyl (C=O) groups excluding carboxylic acids is 1. The zero-order valence-electron chi connectivity index (χ0n) is 13.1. The highest BCUT2D eigenvalue weighted by atomic mass is 19.1. The van der Waals surface area contributed by atoms with Gasteiger partial charge in [0.05, 0.1) is 17.2 Å². The van der Waals surface area contributed by atoms with E-state index in [-0.39, 0.29) is 17.5 Å². The monoisotopic (exact) mass is 294 g/mol. The first-order valence-electron chi connectivity index (χ1n) is 7.22. The fourth-order valence-electron chi connectivity index (χ4n) is 2.85. The zero-order chi connectivity index (χ0) is 15.8. The maximum atomic E-state index is 14.2. The number of hydrogen-bond acceptors (Lipinski definition) is 3. The van der Waals surface area contributed by atoms with Crippen molar-refractivity contribution in [1.82, 2.24) is 4.90 Å². The van der Waals surface area contributed by atoms with Gasteiger partial charge in [0, 0.05) is 26.3 Å². The number of halogens is 1. The van der Waals surface area contributed by atoms with Crippen LogP contribution in [-0.2, 0) is 0 Å². The molecular weight excluding hydrogens is 271 g/mol. The normalized spacial score (nSPS) is 19.0. The van der Waals surface area contributed by atoms with Gasteiger partial charge < -0.3 is 14.9 Å². The van der Waals surface area contributed by atoms with Crippen LogP contribution in [0.5, 0.6) is 0 Å². The van der Waals surface area contributed by atoms with Crippen molar-refractivity contribution in [2.45, 2.75) is 38.3 Å². The summed E-state index contributed by atoms with van der Waals surface area (Å²) in [6, 6.07) is 4.35. The lowest BCUT2D eigenvalue weighted by molar-refractivity contribution is 0.000160. The lowest BCUT2D eigenvalue weighted by atomic mass is 9.96. The summed E-state index contributed by atoms with van der Waals surface area (Å²) in [5, 5.41) is 10.2. The molecule has 1 saturated heterocycles. The number of nitrogens with zero attached hydrogens (tertiary/aromatic N) is 2. The average Bonchev–Trinajstić information content (AvgIpc) is 2.86. The lowest BCUT2D eigenvalue weighted by Gasteiger charge is -2.34. The summed E-state index contributed by atoms with van der Waals surface area (Å²) in [7, 11) is 3.64. The number of aliphatic hydroxyl groups is 1. The van der Waals surface area contributed by atoms with Gasteiger partial charge >= 0.3 is 0 Å². The maximum absolute atomic E-state index is 14.2. The largest absolute Gasteiger partial charge is 0.388 e. The summed E-state index contributed by atoms with van der Waals surface area (Å²) in [6.45, 7) is 3.94. The number of amides is 1. The number of carbonyl (C=O) groups is 1. The molecule has 1 aromatic rings. The average molecular weight is 294 g/mol. The fourth-order valence-corrected chi connectivity index (χ4v) is 2.85. The number of likely N-dealkylation sites (tertiary alicyclic amines) is 1. The Bertz CT molecular complexity index is 538. The van der Waals surface area contributed by atoms with E-state index in [1.54, 1.807) is 29.7 Å². The minimum Gasteiger partial charge on any atom is -0.388 e. The Balaban J connectivity index is 2.28. The van der Waals surface area contributed by atoms with Crippen LogP contribution in [0.25, 0.3) is 0 Å². The Morgan fingerprint density at radius 3 is 2.62 bits per heavy atom. The summed E-state index contributed by atoms with van der Waals surface area (Å²) in [6.07, 6.45) is 1.57. The number of benzene rings is 1. The van der Waals surface area contributed by atoms with Crippen LogP contribution < -0.4 is 4.90 Å². The van der Waals surface area contributed by atoms with Crippen molar-refractivity contribution in [2.24, 2.45) is 0 Å². The molecule has 21 heavy (non-hydrogen) atoms. The van der Waals surface area contributed by atoms with E-state index in [0.29, 0.717) is 12.2 Å².